The molecule has 1 rings (SSSR count). The van der Waals surface area contributed by atoms with Gasteiger partial charge in [0.05, 0.1) is 0 Å². The Morgan fingerprint density at radius 2 is 2.12 bits per heavy atom. The minimum atomic E-state index is 0.0620. The largest absolute Gasteiger partial charge is 0.490 e. The van der Waals surface area contributed by atoms with Gasteiger partial charge in [-0.25, -0.2) is 0 Å². The summed E-state index contributed by atoms with van der Waals surface area (Å²) in [6.45, 7) is 6.48. The highest BCUT2D eigenvalue weighted by atomic mass is 16.5. The van der Waals surface area contributed by atoms with E-state index in [4.69, 9.17) is 4.74 Å². The zero-order chi connectivity index (χ0) is 11.8. The number of hydrogen-bond donors (Lipinski definition) is 1. The third-order valence-corrected chi connectivity index (χ3v) is 2.10. The molecule has 1 amide bonds. The molecule has 0 saturated heterocycles. The van der Waals surface area contributed by atoms with Gasteiger partial charge in [-0.2, -0.15) is 0 Å². The molecule has 0 fully saturated rings. The second-order valence-corrected chi connectivity index (χ2v) is 3.37. The second kappa shape index (κ2) is 6.67. The lowest BCUT2D eigenvalue weighted by atomic mass is 10.2. The second-order valence-electron chi connectivity index (χ2n) is 3.37. The molecule has 1 aromatic rings. The van der Waals surface area contributed by atoms with Crippen LogP contribution >= 0.6 is 0 Å². The SMILES string of the molecule is C=CCOc1ccc(CNC(=O)CC)cc1. The molecule has 1 aromatic carbocycles. The maximum absolute atomic E-state index is 11.0. The van der Waals surface area contributed by atoms with E-state index in [9.17, 15) is 4.79 Å². The van der Waals surface area contributed by atoms with Gasteiger partial charge in [-0.15, -0.1) is 0 Å². The highest BCUT2D eigenvalue weighted by Crippen LogP contribution is 2.11. The monoisotopic (exact) mass is 219 g/mol. The van der Waals surface area contributed by atoms with Gasteiger partial charge in [0.15, 0.2) is 0 Å². The van der Waals surface area contributed by atoms with Crippen molar-refractivity contribution in [2.24, 2.45) is 0 Å². The van der Waals surface area contributed by atoms with Crippen molar-refractivity contribution < 1.29 is 9.53 Å². The molecular weight excluding hydrogens is 202 g/mol. The number of carbonyl (C=O) groups excluding carboxylic acids is 1. The first kappa shape index (κ1) is 12.3. The van der Waals surface area contributed by atoms with Crippen molar-refractivity contribution in [2.45, 2.75) is 19.9 Å². The number of hydrogen-bond acceptors (Lipinski definition) is 2. The van der Waals surface area contributed by atoms with Crippen LogP contribution in [0.5, 0.6) is 5.75 Å². The Labute approximate surface area is 96.1 Å². The van der Waals surface area contributed by atoms with Gasteiger partial charge < -0.3 is 10.1 Å². The summed E-state index contributed by atoms with van der Waals surface area (Å²) < 4.78 is 5.35. The van der Waals surface area contributed by atoms with Gasteiger partial charge >= 0.3 is 0 Å². The van der Waals surface area contributed by atoms with E-state index in [1.165, 1.54) is 0 Å². The smallest absolute Gasteiger partial charge is 0.219 e. The van der Waals surface area contributed by atoms with Gasteiger partial charge in [-0.05, 0) is 17.7 Å². The number of ether oxygens (including phenoxy) is 1. The minimum Gasteiger partial charge on any atom is -0.490 e. The molecule has 3 heteroatoms. The first-order valence-corrected chi connectivity index (χ1v) is 5.35. The van der Waals surface area contributed by atoms with E-state index in [-0.39, 0.29) is 5.91 Å². The van der Waals surface area contributed by atoms with E-state index in [0.29, 0.717) is 19.6 Å². The number of nitrogens with one attached hydrogen (secondary N) is 1. The number of carbonyl (C=O) groups is 1. The average Bonchev–Trinajstić information content (AvgIpc) is 2.34. The van der Waals surface area contributed by atoms with Gasteiger partial charge in [0.25, 0.3) is 0 Å². The molecule has 0 bridgehead atoms. The van der Waals surface area contributed by atoms with E-state index >= 15 is 0 Å². The Morgan fingerprint density at radius 3 is 2.69 bits per heavy atom. The van der Waals surface area contributed by atoms with Crippen molar-refractivity contribution in [3.63, 3.8) is 0 Å². The molecule has 0 saturated carbocycles. The Morgan fingerprint density at radius 1 is 1.44 bits per heavy atom. The predicted molar refractivity (Wildman–Crippen MR) is 64.3 cm³/mol. The quantitative estimate of drug-likeness (QED) is 0.745. The summed E-state index contributed by atoms with van der Waals surface area (Å²) >= 11 is 0. The van der Waals surface area contributed by atoms with Crippen molar-refractivity contribution in [3.8, 4) is 5.75 Å². The van der Waals surface area contributed by atoms with Crippen molar-refractivity contribution >= 4 is 5.91 Å². The van der Waals surface area contributed by atoms with Crippen molar-refractivity contribution in [1.82, 2.24) is 5.32 Å². The zero-order valence-electron chi connectivity index (χ0n) is 9.53. The van der Waals surface area contributed by atoms with Gasteiger partial charge in [0.1, 0.15) is 12.4 Å². The van der Waals surface area contributed by atoms with Crippen molar-refractivity contribution in [2.75, 3.05) is 6.61 Å². The molecule has 3 nitrogen and oxygen atoms in total. The van der Waals surface area contributed by atoms with Crippen LogP contribution in [0.15, 0.2) is 36.9 Å². The van der Waals surface area contributed by atoms with Crippen LogP contribution < -0.4 is 10.1 Å². The third kappa shape index (κ3) is 4.17. The lowest BCUT2D eigenvalue weighted by molar-refractivity contribution is -0.120. The van der Waals surface area contributed by atoms with E-state index < -0.39 is 0 Å². The summed E-state index contributed by atoms with van der Waals surface area (Å²) in [6, 6.07) is 7.65. The van der Waals surface area contributed by atoms with E-state index in [1.807, 2.05) is 31.2 Å². The Kier molecular flexibility index (Phi) is 5.12. The fourth-order valence-electron chi connectivity index (χ4n) is 1.18. The van der Waals surface area contributed by atoms with Crippen LogP contribution in [0.1, 0.15) is 18.9 Å². The van der Waals surface area contributed by atoms with Crippen molar-refractivity contribution in [3.05, 3.63) is 42.5 Å². The van der Waals surface area contributed by atoms with E-state index in [1.54, 1.807) is 6.08 Å². The standard InChI is InChI=1S/C13H17NO2/c1-3-9-16-12-7-5-11(6-8-12)10-14-13(15)4-2/h3,5-8H,1,4,9-10H2,2H3,(H,14,15). The Balaban J connectivity index is 2.44. The molecule has 86 valence electrons. The van der Waals surface area contributed by atoms with Gasteiger partial charge in [-0.1, -0.05) is 31.7 Å². The molecule has 1 N–H and O–H groups in total. The molecule has 0 atom stereocenters. The van der Waals surface area contributed by atoms with E-state index in [0.717, 1.165) is 11.3 Å². The summed E-state index contributed by atoms with van der Waals surface area (Å²) in [6.07, 6.45) is 2.22. The molecule has 16 heavy (non-hydrogen) atoms. The molecule has 0 aliphatic carbocycles. The topological polar surface area (TPSA) is 38.3 Å². The average molecular weight is 219 g/mol. The number of rotatable bonds is 6. The van der Waals surface area contributed by atoms with Gasteiger partial charge in [0, 0.05) is 13.0 Å². The third-order valence-electron chi connectivity index (χ3n) is 2.10. The first-order chi connectivity index (χ1) is 7.76. The summed E-state index contributed by atoms with van der Waals surface area (Å²) in [5, 5.41) is 2.82. The summed E-state index contributed by atoms with van der Waals surface area (Å²) in [7, 11) is 0. The summed E-state index contributed by atoms with van der Waals surface area (Å²) in [5.41, 5.74) is 1.06. The fourth-order valence-corrected chi connectivity index (χ4v) is 1.18. The van der Waals surface area contributed by atoms with Crippen LogP contribution in [-0.2, 0) is 11.3 Å². The molecule has 0 aromatic heterocycles. The van der Waals surface area contributed by atoms with E-state index in [2.05, 4.69) is 11.9 Å². The molecule has 0 radical (unpaired) electrons. The lowest BCUT2D eigenvalue weighted by Gasteiger charge is -2.06. The van der Waals surface area contributed by atoms with Gasteiger partial charge in [0.2, 0.25) is 5.91 Å². The molecular formula is C13H17NO2. The molecule has 0 unspecified atom stereocenters. The van der Waals surface area contributed by atoms with Crippen LogP contribution in [0.4, 0.5) is 0 Å². The first-order valence-electron chi connectivity index (χ1n) is 5.35. The Hall–Kier alpha value is -1.77. The highest BCUT2D eigenvalue weighted by Gasteiger charge is 1.98. The van der Waals surface area contributed by atoms with Crippen LogP contribution in [0.3, 0.4) is 0 Å². The lowest BCUT2D eigenvalue weighted by Crippen LogP contribution is -2.21. The van der Waals surface area contributed by atoms with Crippen LogP contribution in [0, 0.1) is 0 Å². The van der Waals surface area contributed by atoms with Crippen molar-refractivity contribution in [1.29, 1.82) is 0 Å². The summed E-state index contributed by atoms with van der Waals surface area (Å²) in [5.74, 6) is 0.873. The Bertz CT molecular complexity index is 343. The maximum atomic E-state index is 11.0. The predicted octanol–water partition coefficient (Wildman–Crippen LogP) is 2.28. The molecule has 0 heterocycles. The molecule has 0 spiro atoms. The zero-order valence-corrected chi connectivity index (χ0v) is 9.53. The normalized spacial score (nSPS) is 9.56. The highest BCUT2D eigenvalue weighted by molar-refractivity contribution is 5.75. The fraction of sp³-hybridized carbons (Fsp3) is 0.308. The number of benzene rings is 1. The van der Waals surface area contributed by atoms with Gasteiger partial charge in [-0.3, -0.25) is 4.79 Å². The van der Waals surface area contributed by atoms with Crippen LogP contribution in [-0.4, -0.2) is 12.5 Å². The maximum Gasteiger partial charge on any atom is 0.219 e. The van der Waals surface area contributed by atoms with Crippen LogP contribution in [0.2, 0.25) is 0 Å². The molecule has 0 aliphatic rings. The summed E-state index contributed by atoms with van der Waals surface area (Å²) in [4.78, 5) is 11.0. The number of amides is 1. The minimum absolute atomic E-state index is 0.0620. The van der Waals surface area contributed by atoms with Crippen LogP contribution in [0.25, 0.3) is 0 Å². The molecule has 0 aliphatic heterocycles.